The lowest BCUT2D eigenvalue weighted by atomic mass is 10.1. The van der Waals surface area contributed by atoms with Crippen LogP contribution >= 0.6 is 0 Å². The highest BCUT2D eigenvalue weighted by Crippen LogP contribution is 2.23. The minimum Gasteiger partial charge on any atom is -0.496 e. The molecular formula is C19H24N6O2. The standard InChI is InChI=1S/C19H24N6O2/c1-14(26)18-8-17-11-23(5-6-25(17)22-18)9-15-3-4-19(27-2)16(7-15)10-24-13-20-12-21-24/h3-4,7-8,12-14,26H,5-6,9-11H2,1-2H3/t14-/m1/s1. The van der Waals surface area contributed by atoms with Crippen LogP contribution in [0.5, 0.6) is 5.75 Å². The summed E-state index contributed by atoms with van der Waals surface area (Å²) in [5, 5.41) is 18.4. The summed E-state index contributed by atoms with van der Waals surface area (Å²) in [5.41, 5.74) is 4.20. The summed E-state index contributed by atoms with van der Waals surface area (Å²) < 4.78 is 9.29. The van der Waals surface area contributed by atoms with E-state index in [1.54, 1.807) is 25.0 Å². The molecule has 8 heteroatoms. The van der Waals surface area contributed by atoms with Gasteiger partial charge in [0.1, 0.15) is 18.4 Å². The molecule has 0 unspecified atom stereocenters. The Morgan fingerprint density at radius 1 is 1.22 bits per heavy atom. The van der Waals surface area contributed by atoms with E-state index in [2.05, 4.69) is 32.2 Å². The van der Waals surface area contributed by atoms with Gasteiger partial charge in [0.05, 0.1) is 37.7 Å². The van der Waals surface area contributed by atoms with Crippen molar-refractivity contribution in [1.29, 1.82) is 0 Å². The smallest absolute Gasteiger partial charge is 0.137 e. The van der Waals surface area contributed by atoms with E-state index in [-0.39, 0.29) is 0 Å². The average molecular weight is 368 g/mol. The largest absolute Gasteiger partial charge is 0.496 e. The molecule has 4 rings (SSSR count). The summed E-state index contributed by atoms with van der Waals surface area (Å²) in [7, 11) is 1.69. The third kappa shape index (κ3) is 3.86. The molecule has 0 saturated heterocycles. The SMILES string of the molecule is COc1ccc(CN2CCn3nc([C@@H](C)O)cc3C2)cc1Cn1cncn1. The maximum absolute atomic E-state index is 9.75. The molecule has 3 heterocycles. The number of benzene rings is 1. The number of hydrogen-bond acceptors (Lipinski definition) is 6. The second-order valence-corrected chi connectivity index (χ2v) is 6.91. The lowest BCUT2D eigenvalue weighted by molar-refractivity contribution is 0.189. The third-order valence-corrected chi connectivity index (χ3v) is 4.87. The van der Waals surface area contributed by atoms with Crippen molar-refractivity contribution in [3.05, 3.63) is 59.4 Å². The van der Waals surface area contributed by atoms with E-state index in [9.17, 15) is 5.11 Å². The molecular weight excluding hydrogens is 344 g/mol. The zero-order chi connectivity index (χ0) is 18.8. The van der Waals surface area contributed by atoms with E-state index in [0.717, 1.165) is 48.9 Å². The van der Waals surface area contributed by atoms with Crippen molar-refractivity contribution >= 4 is 0 Å². The maximum atomic E-state index is 9.75. The van der Waals surface area contributed by atoms with E-state index in [4.69, 9.17) is 4.74 Å². The monoisotopic (exact) mass is 368 g/mol. The van der Waals surface area contributed by atoms with Crippen molar-refractivity contribution in [2.75, 3.05) is 13.7 Å². The Balaban J connectivity index is 1.49. The Hall–Kier alpha value is -2.71. The van der Waals surface area contributed by atoms with Gasteiger partial charge >= 0.3 is 0 Å². The summed E-state index contributed by atoms with van der Waals surface area (Å²) in [5.74, 6) is 0.854. The molecule has 3 aromatic rings. The molecule has 0 fully saturated rings. The number of aliphatic hydroxyl groups excluding tert-OH is 1. The second kappa shape index (κ2) is 7.50. The number of hydrogen-bond donors (Lipinski definition) is 1. The molecule has 0 spiro atoms. The molecule has 0 saturated carbocycles. The van der Waals surface area contributed by atoms with Crippen LogP contribution in [0.2, 0.25) is 0 Å². The fourth-order valence-electron chi connectivity index (χ4n) is 3.48. The van der Waals surface area contributed by atoms with Gasteiger partial charge in [-0.1, -0.05) is 6.07 Å². The number of aromatic nitrogens is 5. The molecule has 0 aliphatic carbocycles. The number of ether oxygens (including phenoxy) is 1. The Morgan fingerprint density at radius 3 is 2.85 bits per heavy atom. The number of methoxy groups -OCH3 is 1. The van der Waals surface area contributed by atoms with Crippen molar-refractivity contribution in [2.45, 2.75) is 39.2 Å². The molecule has 0 amide bonds. The van der Waals surface area contributed by atoms with Gasteiger partial charge in [0.15, 0.2) is 0 Å². The van der Waals surface area contributed by atoms with E-state index < -0.39 is 6.10 Å². The molecule has 1 aliphatic heterocycles. The first-order chi connectivity index (χ1) is 13.1. The molecule has 2 aromatic heterocycles. The van der Waals surface area contributed by atoms with E-state index in [1.165, 1.54) is 11.9 Å². The van der Waals surface area contributed by atoms with Crippen molar-refractivity contribution in [3.8, 4) is 5.75 Å². The molecule has 8 nitrogen and oxygen atoms in total. The molecule has 1 atom stereocenters. The molecule has 27 heavy (non-hydrogen) atoms. The van der Waals surface area contributed by atoms with Gasteiger partial charge in [-0.25, -0.2) is 9.67 Å². The number of rotatable bonds is 6. The van der Waals surface area contributed by atoms with Crippen molar-refractivity contribution in [2.24, 2.45) is 0 Å². The predicted molar refractivity (Wildman–Crippen MR) is 99.1 cm³/mol. The van der Waals surface area contributed by atoms with E-state index >= 15 is 0 Å². The third-order valence-electron chi connectivity index (χ3n) is 4.87. The summed E-state index contributed by atoms with van der Waals surface area (Å²) in [4.78, 5) is 6.40. The first-order valence-corrected chi connectivity index (χ1v) is 9.07. The molecule has 0 bridgehead atoms. The predicted octanol–water partition coefficient (Wildman–Crippen LogP) is 1.60. The molecule has 142 valence electrons. The van der Waals surface area contributed by atoms with Gasteiger partial charge in [-0.2, -0.15) is 10.2 Å². The fraction of sp³-hybridized carbons (Fsp3) is 0.421. The lowest BCUT2D eigenvalue weighted by Gasteiger charge is -2.27. The number of nitrogens with zero attached hydrogens (tertiary/aromatic N) is 6. The van der Waals surface area contributed by atoms with Crippen LogP contribution in [0.3, 0.4) is 0 Å². The zero-order valence-corrected chi connectivity index (χ0v) is 15.6. The van der Waals surface area contributed by atoms with Gasteiger partial charge in [0.25, 0.3) is 0 Å². The van der Waals surface area contributed by atoms with Crippen molar-refractivity contribution < 1.29 is 9.84 Å². The summed E-state index contributed by atoms with van der Waals surface area (Å²) >= 11 is 0. The second-order valence-electron chi connectivity index (χ2n) is 6.91. The van der Waals surface area contributed by atoms with Gasteiger partial charge < -0.3 is 9.84 Å². The Morgan fingerprint density at radius 2 is 2.11 bits per heavy atom. The van der Waals surface area contributed by atoms with Gasteiger partial charge in [0, 0.05) is 25.2 Å². The lowest BCUT2D eigenvalue weighted by Crippen LogP contribution is -2.33. The van der Waals surface area contributed by atoms with Gasteiger partial charge in [-0.05, 0) is 30.7 Å². The molecule has 1 aromatic carbocycles. The van der Waals surface area contributed by atoms with Crippen LogP contribution in [-0.4, -0.2) is 48.2 Å². The maximum Gasteiger partial charge on any atom is 0.137 e. The van der Waals surface area contributed by atoms with Crippen LogP contribution in [-0.2, 0) is 26.2 Å². The highest BCUT2D eigenvalue weighted by atomic mass is 16.5. The molecule has 0 radical (unpaired) electrons. The number of fused-ring (bicyclic) bond motifs is 1. The highest BCUT2D eigenvalue weighted by molar-refractivity contribution is 5.37. The summed E-state index contributed by atoms with van der Waals surface area (Å²) in [6.07, 6.45) is 2.71. The fourth-order valence-corrected chi connectivity index (χ4v) is 3.48. The Kier molecular flexibility index (Phi) is 4.91. The molecule has 1 N–H and O–H groups in total. The summed E-state index contributed by atoms with van der Waals surface area (Å²) in [6, 6.07) is 8.30. The quantitative estimate of drug-likeness (QED) is 0.712. The zero-order valence-electron chi connectivity index (χ0n) is 15.6. The first-order valence-electron chi connectivity index (χ1n) is 9.07. The van der Waals surface area contributed by atoms with Crippen LogP contribution in [0.25, 0.3) is 0 Å². The highest BCUT2D eigenvalue weighted by Gasteiger charge is 2.20. The van der Waals surface area contributed by atoms with Crippen molar-refractivity contribution in [3.63, 3.8) is 0 Å². The topological polar surface area (TPSA) is 81.2 Å². The number of aliphatic hydroxyl groups is 1. The first kappa shape index (κ1) is 17.7. The van der Waals surface area contributed by atoms with Gasteiger partial charge in [-0.15, -0.1) is 0 Å². The average Bonchev–Trinajstić information content (AvgIpc) is 3.31. The minimum atomic E-state index is -0.530. The normalized spacial score (nSPS) is 15.5. The van der Waals surface area contributed by atoms with Gasteiger partial charge in [0.2, 0.25) is 0 Å². The van der Waals surface area contributed by atoms with Crippen molar-refractivity contribution in [1.82, 2.24) is 29.4 Å². The van der Waals surface area contributed by atoms with Crippen LogP contribution in [0, 0.1) is 0 Å². The van der Waals surface area contributed by atoms with Crippen LogP contribution in [0.15, 0.2) is 36.9 Å². The van der Waals surface area contributed by atoms with Gasteiger partial charge in [-0.3, -0.25) is 9.58 Å². The Labute approximate surface area is 158 Å². The Bertz CT molecular complexity index is 903. The van der Waals surface area contributed by atoms with E-state index in [1.807, 2.05) is 16.8 Å². The van der Waals surface area contributed by atoms with Crippen LogP contribution in [0.4, 0.5) is 0 Å². The van der Waals surface area contributed by atoms with Crippen LogP contribution < -0.4 is 4.74 Å². The van der Waals surface area contributed by atoms with E-state index in [0.29, 0.717) is 6.54 Å². The minimum absolute atomic E-state index is 0.530. The summed E-state index contributed by atoms with van der Waals surface area (Å²) in [6.45, 7) is 5.82. The molecule has 1 aliphatic rings. The van der Waals surface area contributed by atoms with Crippen LogP contribution in [0.1, 0.15) is 35.5 Å².